The van der Waals surface area contributed by atoms with E-state index in [1.807, 2.05) is 19.1 Å². The highest BCUT2D eigenvalue weighted by Gasteiger charge is 2.18. The van der Waals surface area contributed by atoms with Crippen molar-refractivity contribution in [2.75, 3.05) is 19.8 Å². The van der Waals surface area contributed by atoms with Crippen LogP contribution < -0.4 is 4.74 Å². The Balaban J connectivity index is 1.93. The van der Waals surface area contributed by atoms with Crippen molar-refractivity contribution in [3.05, 3.63) is 29.8 Å². The van der Waals surface area contributed by atoms with Crippen molar-refractivity contribution in [2.24, 2.45) is 0 Å². The van der Waals surface area contributed by atoms with E-state index in [4.69, 9.17) is 9.47 Å². The van der Waals surface area contributed by atoms with Gasteiger partial charge in [-0.05, 0) is 25.3 Å². The van der Waals surface area contributed by atoms with E-state index < -0.39 is 0 Å². The van der Waals surface area contributed by atoms with Crippen molar-refractivity contribution >= 4 is 5.91 Å². The Labute approximate surface area is 193 Å². The molecule has 0 bridgehead atoms. The summed E-state index contributed by atoms with van der Waals surface area (Å²) in [6.45, 7) is 7.77. The lowest BCUT2D eigenvalue weighted by Crippen LogP contribution is -2.14. The van der Waals surface area contributed by atoms with Gasteiger partial charge in [0, 0.05) is 18.6 Å². The summed E-state index contributed by atoms with van der Waals surface area (Å²) in [6.07, 6.45) is 12.4. The van der Waals surface area contributed by atoms with Gasteiger partial charge in [0.25, 0.3) is 0 Å². The highest BCUT2D eigenvalue weighted by Crippen LogP contribution is 2.22. The number of ether oxygens (including phenoxy) is 2. The summed E-state index contributed by atoms with van der Waals surface area (Å²) in [7, 11) is 0. The molecule has 6 heteroatoms. The summed E-state index contributed by atoms with van der Waals surface area (Å²) in [5.74, 6) is 0.509. The Morgan fingerprint density at radius 1 is 0.875 bits per heavy atom. The van der Waals surface area contributed by atoms with Crippen molar-refractivity contribution in [2.45, 2.75) is 91.4 Å². The second-order valence-electron chi connectivity index (χ2n) is 8.20. The molecule has 0 aliphatic heterocycles. The van der Waals surface area contributed by atoms with Crippen molar-refractivity contribution in [3.8, 4) is 17.4 Å². The lowest BCUT2D eigenvalue weighted by atomic mass is 10.1. The first kappa shape index (κ1) is 26.0. The summed E-state index contributed by atoms with van der Waals surface area (Å²) in [5, 5.41) is 4.36. The van der Waals surface area contributed by atoms with Gasteiger partial charge in [0.2, 0.25) is 5.91 Å². The number of benzene rings is 1. The fourth-order valence-electron chi connectivity index (χ4n) is 3.63. The molecule has 1 aromatic carbocycles. The number of carbonyl (C=O) groups is 1. The van der Waals surface area contributed by atoms with Crippen molar-refractivity contribution in [1.82, 2.24) is 14.8 Å². The third-order valence-corrected chi connectivity index (χ3v) is 5.60. The van der Waals surface area contributed by atoms with Crippen LogP contribution in [0.15, 0.2) is 24.3 Å². The van der Waals surface area contributed by atoms with Crippen molar-refractivity contribution < 1.29 is 14.3 Å². The molecule has 2 aromatic rings. The Morgan fingerprint density at radius 3 is 2.16 bits per heavy atom. The van der Waals surface area contributed by atoms with E-state index in [0.717, 1.165) is 24.8 Å². The smallest absolute Gasteiger partial charge is 0.336 e. The van der Waals surface area contributed by atoms with Crippen LogP contribution in [0, 0.1) is 0 Å². The van der Waals surface area contributed by atoms with E-state index in [9.17, 15) is 4.79 Å². The van der Waals surface area contributed by atoms with E-state index in [0.29, 0.717) is 32.1 Å². The molecule has 0 spiro atoms. The number of carbonyl (C=O) groups excluding carboxylic acids is 1. The van der Waals surface area contributed by atoms with Gasteiger partial charge in [-0.25, -0.2) is 0 Å². The maximum atomic E-state index is 12.9. The first-order valence-corrected chi connectivity index (χ1v) is 12.5. The molecule has 32 heavy (non-hydrogen) atoms. The Bertz CT molecular complexity index is 771. The van der Waals surface area contributed by atoms with Gasteiger partial charge in [-0.3, -0.25) is 4.79 Å². The molecule has 0 radical (unpaired) electrons. The van der Waals surface area contributed by atoms with Crippen molar-refractivity contribution in [3.63, 3.8) is 0 Å². The van der Waals surface area contributed by atoms with E-state index in [2.05, 4.69) is 36.1 Å². The maximum absolute atomic E-state index is 12.9. The van der Waals surface area contributed by atoms with Gasteiger partial charge in [-0.15, -0.1) is 5.10 Å². The van der Waals surface area contributed by atoms with Crippen LogP contribution in [-0.4, -0.2) is 40.5 Å². The minimum absolute atomic E-state index is 0.0327. The van der Waals surface area contributed by atoms with Gasteiger partial charge in [0.1, 0.15) is 6.61 Å². The second-order valence-corrected chi connectivity index (χ2v) is 8.20. The Hall–Kier alpha value is -2.21. The zero-order valence-corrected chi connectivity index (χ0v) is 20.3. The number of aryl methyl sites for hydroxylation is 1. The van der Waals surface area contributed by atoms with E-state index in [1.54, 1.807) is 0 Å². The van der Waals surface area contributed by atoms with Crippen LogP contribution in [0.5, 0.6) is 6.01 Å². The van der Waals surface area contributed by atoms with Gasteiger partial charge in [-0.2, -0.15) is 9.67 Å². The van der Waals surface area contributed by atoms with E-state index in [1.165, 1.54) is 55.2 Å². The third-order valence-electron chi connectivity index (χ3n) is 5.60. The Kier molecular flexibility index (Phi) is 12.7. The first-order chi connectivity index (χ1) is 15.7. The number of hydrogen-bond donors (Lipinski definition) is 0. The summed E-state index contributed by atoms with van der Waals surface area (Å²) in [5.41, 5.74) is 2.11. The number of hydrogen-bond acceptors (Lipinski definition) is 5. The molecule has 0 aliphatic rings. The molecule has 6 nitrogen and oxygen atoms in total. The molecule has 0 saturated heterocycles. The standard InChI is InChI=1S/C26H41N3O3/c1-4-7-8-9-10-11-12-13-14-15-24(30)29-25(23-18-16-22(5-2)17-19-23)27-26(28-29)32-21-20-31-6-3/h16-19H,4-15,20-21H2,1-3H3. The molecule has 2 rings (SSSR count). The van der Waals surface area contributed by atoms with Crippen LogP contribution in [0.3, 0.4) is 0 Å². The van der Waals surface area contributed by atoms with Crippen LogP contribution in [0.2, 0.25) is 0 Å². The largest absolute Gasteiger partial charge is 0.460 e. The highest BCUT2D eigenvalue weighted by atomic mass is 16.5. The zero-order chi connectivity index (χ0) is 23.0. The first-order valence-electron chi connectivity index (χ1n) is 12.5. The van der Waals surface area contributed by atoms with Crippen LogP contribution in [0.25, 0.3) is 11.4 Å². The molecule has 1 heterocycles. The van der Waals surface area contributed by atoms with Crippen LogP contribution >= 0.6 is 0 Å². The lowest BCUT2D eigenvalue weighted by molar-refractivity contribution is 0.0878. The quantitative estimate of drug-likeness (QED) is 0.262. The summed E-state index contributed by atoms with van der Waals surface area (Å²) < 4.78 is 12.4. The summed E-state index contributed by atoms with van der Waals surface area (Å²) in [6, 6.07) is 8.34. The molecule has 0 amide bonds. The molecule has 0 aliphatic carbocycles. The molecule has 0 unspecified atom stereocenters. The number of aromatic nitrogens is 3. The average Bonchev–Trinajstić information content (AvgIpc) is 3.25. The van der Waals surface area contributed by atoms with Crippen LogP contribution in [0.1, 0.15) is 95.3 Å². The van der Waals surface area contributed by atoms with E-state index >= 15 is 0 Å². The van der Waals surface area contributed by atoms with Gasteiger partial charge >= 0.3 is 6.01 Å². The molecular formula is C26H41N3O3. The topological polar surface area (TPSA) is 66.2 Å². The molecule has 0 saturated carbocycles. The molecule has 0 atom stereocenters. The molecule has 0 N–H and O–H groups in total. The molecule has 178 valence electrons. The van der Waals surface area contributed by atoms with Gasteiger partial charge in [0.15, 0.2) is 5.82 Å². The fourth-order valence-corrected chi connectivity index (χ4v) is 3.63. The predicted octanol–water partition coefficient (Wildman–Crippen LogP) is 6.48. The van der Waals surface area contributed by atoms with Crippen LogP contribution in [-0.2, 0) is 11.2 Å². The minimum Gasteiger partial charge on any atom is -0.460 e. The van der Waals surface area contributed by atoms with E-state index in [-0.39, 0.29) is 11.9 Å². The number of nitrogens with zero attached hydrogens (tertiary/aromatic N) is 3. The maximum Gasteiger partial charge on any atom is 0.336 e. The monoisotopic (exact) mass is 443 g/mol. The zero-order valence-electron chi connectivity index (χ0n) is 20.3. The van der Waals surface area contributed by atoms with Gasteiger partial charge in [-0.1, -0.05) is 89.5 Å². The number of rotatable bonds is 17. The van der Waals surface area contributed by atoms with Gasteiger partial charge in [0.05, 0.1) is 6.61 Å². The normalized spacial score (nSPS) is 11.1. The average molecular weight is 444 g/mol. The molecule has 1 aromatic heterocycles. The van der Waals surface area contributed by atoms with Crippen molar-refractivity contribution in [1.29, 1.82) is 0 Å². The molecular weight excluding hydrogens is 402 g/mol. The highest BCUT2D eigenvalue weighted by molar-refractivity contribution is 5.82. The fraction of sp³-hybridized carbons (Fsp3) is 0.654. The molecule has 0 fully saturated rings. The van der Waals surface area contributed by atoms with Crippen LogP contribution in [0.4, 0.5) is 0 Å². The lowest BCUT2D eigenvalue weighted by Gasteiger charge is -2.06. The second kappa shape index (κ2) is 15.6. The van der Waals surface area contributed by atoms with Gasteiger partial charge < -0.3 is 9.47 Å². The summed E-state index contributed by atoms with van der Waals surface area (Å²) >= 11 is 0. The Morgan fingerprint density at radius 2 is 1.53 bits per heavy atom. The SMILES string of the molecule is CCCCCCCCCCCC(=O)n1nc(OCCOCC)nc1-c1ccc(CC)cc1. The number of unbranched alkanes of at least 4 members (excludes halogenated alkanes) is 8. The third kappa shape index (κ3) is 9.11. The predicted molar refractivity (Wildman–Crippen MR) is 129 cm³/mol. The minimum atomic E-state index is -0.0327. The summed E-state index contributed by atoms with van der Waals surface area (Å²) in [4.78, 5) is 17.4.